The average molecular weight is 271 g/mol. The highest BCUT2D eigenvalue weighted by Gasteiger charge is 2.18. The van der Waals surface area contributed by atoms with Crippen molar-refractivity contribution in [1.29, 1.82) is 0 Å². The third-order valence-electron chi connectivity index (χ3n) is 2.42. The van der Waals surface area contributed by atoms with E-state index >= 15 is 0 Å². The van der Waals surface area contributed by atoms with Gasteiger partial charge in [0.15, 0.2) is 5.78 Å². The summed E-state index contributed by atoms with van der Waals surface area (Å²) in [5.74, 6) is -0.0310. The molecule has 0 aliphatic heterocycles. The Morgan fingerprint density at radius 3 is 2.94 bits per heavy atom. The Kier molecular flexibility index (Phi) is 3.54. The topological polar surface area (TPSA) is 60.7 Å². The van der Waals surface area contributed by atoms with E-state index in [0.717, 1.165) is 22.9 Å². The molecule has 0 fully saturated rings. The van der Waals surface area contributed by atoms with Crippen LogP contribution in [-0.4, -0.2) is 25.2 Å². The quantitative estimate of drug-likeness (QED) is 0.799. The fraction of sp³-hybridized carbons (Fsp3) is 0.400. The van der Waals surface area contributed by atoms with Gasteiger partial charge in [0, 0.05) is 6.54 Å². The van der Waals surface area contributed by atoms with Crippen molar-refractivity contribution in [2.75, 3.05) is 0 Å². The summed E-state index contributed by atoms with van der Waals surface area (Å²) in [5, 5.41) is 8.48. The lowest BCUT2D eigenvalue weighted by molar-refractivity contribution is 0.0994. The number of carbonyl (C=O) groups excluding carboxylic acids is 1. The van der Waals surface area contributed by atoms with Crippen LogP contribution in [0.3, 0.4) is 0 Å². The molecule has 0 saturated heterocycles. The van der Waals surface area contributed by atoms with Gasteiger partial charge in [-0.1, -0.05) is 16.1 Å². The zero-order valence-corrected chi connectivity index (χ0v) is 11.0. The van der Waals surface area contributed by atoms with Crippen LogP contribution in [0.5, 0.6) is 0 Å². The Bertz CT molecular complexity index is 535. The van der Waals surface area contributed by atoms with Crippen molar-refractivity contribution < 1.29 is 4.79 Å². The lowest BCUT2D eigenvalue weighted by Crippen LogP contribution is -2.09. The van der Waals surface area contributed by atoms with E-state index in [4.69, 9.17) is 11.6 Å². The summed E-state index contributed by atoms with van der Waals surface area (Å²) in [6, 6.07) is 0. The molecule has 7 heteroatoms. The van der Waals surface area contributed by atoms with E-state index in [1.54, 1.807) is 4.68 Å². The summed E-state index contributed by atoms with van der Waals surface area (Å²) in [4.78, 5) is 12.5. The Hall–Kier alpha value is -1.27. The van der Waals surface area contributed by atoms with Crippen LogP contribution in [0, 0.1) is 6.92 Å². The van der Waals surface area contributed by atoms with Crippen molar-refractivity contribution >= 4 is 28.9 Å². The Morgan fingerprint density at radius 2 is 2.35 bits per heavy atom. The molecule has 2 rings (SSSR count). The van der Waals surface area contributed by atoms with E-state index in [1.807, 2.05) is 13.8 Å². The van der Waals surface area contributed by atoms with Crippen molar-refractivity contribution in [1.82, 2.24) is 19.4 Å². The number of nitrogens with zero attached hydrogens (tertiary/aromatic N) is 4. The van der Waals surface area contributed by atoms with Crippen LogP contribution < -0.4 is 0 Å². The molecular weight excluding hydrogens is 260 g/mol. The lowest BCUT2D eigenvalue weighted by atomic mass is 10.2. The second-order valence-electron chi connectivity index (χ2n) is 3.54. The summed E-state index contributed by atoms with van der Waals surface area (Å²) in [6.45, 7) is 4.48. The molecule has 0 radical (unpaired) electrons. The van der Waals surface area contributed by atoms with Gasteiger partial charge in [-0.05, 0) is 25.4 Å². The van der Waals surface area contributed by atoms with E-state index in [9.17, 15) is 4.79 Å². The molecule has 2 aromatic rings. The summed E-state index contributed by atoms with van der Waals surface area (Å²) < 4.78 is 5.42. The summed E-state index contributed by atoms with van der Waals surface area (Å²) in [5.41, 5.74) is 1.50. The van der Waals surface area contributed by atoms with Crippen LogP contribution in [0.2, 0.25) is 5.02 Å². The Morgan fingerprint density at radius 1 is 1.59 bits per heavy atom. The minimum atomic E-state index is -0.0310. The van der Waals surface area contributed by atoms with Crippen molar-refractivity contribution in [2.45, 2.75) is 26.8 Å². The Labute approximate surface area is 108 Å². The van der Waals surface area contributed by atoms with Crippen LogP contribution in [0.15, 0.2) is 6.20 Å². The number of rotatable bonds is 4. The molecule has 0 spiro atoms. The predicted octanol–water partition coefficient (Wildman–Crippen LogP) is 2.14. The summed E-state index contributed by atoms with van der Waals surface area (Å²) in [7, 11) is 0. The van der Waals surface area contributed by atoms with Crippen LogP contribution in [0.1, 0.15) is 28.0 Å². The van der Waals surface area contributed by atoms with Gasteiger partial charge in [0.25, 0.3) is 0 Å². The van der Waals surface area contributed by atoms with Crippen LogP contribution in [0.25, 0.3) is 0 Å². The fourth-order valence-electron chi connectivity index (χ4n) is 1.57. The van der Waals surface area contributed by atoms with Crippen LogP contribution in [0.4, 0.5) is 0 Å². The van der Waals surface area contributed by atoms with E-state index in [0.29, 0.717) is 16.4 Å². The zero-order chi connectivity index (χ0) is 12.4. The third kappa shape index (κ3) is 2.37. The van der Waals surface area contributed by atoms with Gasteiger partial charge >= 0.3 is 0 Å². The maximum absolute atomic E-state index is 11.9. The van der Waals surface area contributed by atoms with E-state index in [2.05, 4.69) is 14.7 Å². The van der Waals surface area contributed by atoms with Gasteiger partial charge in [-0.25, -0.2) is 0 Å². The largest absolute Gasteiger partial charge is 0.293 e. The first-order valence-electron chi connectivity index (χ1n) is 5.15. The highest BCUT2D eigenvalue weighted by atomic mass is 35.5. The molecule has 2 heterocycles. The monoisotopic (exact) mass is 270 g/mol. The molecule has 0 aliphatic carbocycles. The zero-order valence-electron chi connectivity index (χ0n) is 9.47. The molecule has 2 aromatic heterocycles. The molecule has 0 aliphatic rings. The van der Waals surface area contributed by atoms with Crippen LogP contribution >= 0.6 is 23.1 Å². The highest BCUT2D eigenvalue weighted by molar-refractivity contribution is 7.07. The molecule has 5 nitrogen and oxygen atoms in total. The average Bonchev–Trinajstić information content (AvgIpc) is 2.92. The minimum absolute atomic E-state index is 0.0310. The second kappa shape index (κ2) is 4.93. The van der Waals surface area contributed by atoms with Gasteiger partial charge in [0.2, 0.25) is 0 Å². The molecule has 0 atom stereocenters. The number of ketones is 1. The molecular formula is C10H11ClN4OS. The molecule has 0 N–H and O–H groups in total. The molecule has 17 heavy (non-hydrogen) atoms. The number of aromatic nitrogens is 4. The first-order chi connectivity index (χ1) is 8.13. The number of carbonyl (C=O) groups is 1. The molecule has 0 aromatic carbocycles. The van der Waals surface area contributed by atoms with Gasteiger partial charge in [-0.3, -0.25) is 9.48 Å². The molecule has 90 valence electrons. The SMILES string of the molecule is CCn1nc(C)c(Cl)c1CC(=O)c1cnns1. The molecule has 0 bridgehead atoms. The smallest absolute Gasteiger partial charge is 0.182 e. The number of halogens is 1. The van der Waals surface area contributed by atoms with Gasteiger partial charge < -0.3 is 0 Å². The first-order valence-corrected chi connectivity index (χ1v) is 6.31. The molecule has 0 unspecified atom stereocenters. The number of Topliss-reactive ketones (excluding diaryl/α,β-unsaturated/α-hetero) is 1. The van der Waals surface area contributed by atoms with E-state index in [-0.39, 0.29) is 12.2 Å². The summed E-state index contributed by atoms with van der Waals surface area (Å²) >= 11 is 7.23. The summed E-state index contributed by atoms with van der Waals surface area (Å²) in [6.07, 6.45) is 1.71. The van der Waals surface area contributed by atoms with Crippen molar-refractivity contribution in [2.24, 2.45) is 0 Å². The lowest BCUT2D eigenvalue weighted by Gasteiger charge is -2.03. The second-order valence-corrected chi connectivity index (χ2v) is 4.71. The van der Waals surface area contributed by atoms with Crippen LogP contribution in [-0.2, 0) is 13.0 Å². The highest BCUT2D eigenvalue weighted by Crippen LogP contribution is 2.22. The van der Waals surface area contributed by atoms with Crippen molar-refractivity contribution in [3.63, 3.8) is 0 Å². The van der Waals surface area contributed by atoms with Gasteiger partial charge in [-0.2, -0.15) is 5.10 Å². The van der Waals surface area contributed by atoms with E-state index in [1.165, 1.54) is 6.20 Å². The Balaban J connectivity index is 2.27. The standard InChI is InChI=1S/C10H11ClN4OS/c1-3-15-7(10(11)6(2)13-15)4-8(16)9-5-12-14-17-9/h5H,3-4H2,1-2H3. The minimum Gasteiger partial charge on any atom is -0.293 e. The molecule has 0 saturated carbocycles. The van der Waals surface area contributed by atoms with Gasteiger partial charge in [0.05, 0.1) is 29.0 Å². The number of hydrogen-bond donors (Lipinski definition) is 0. The maximum Gasteiger partial charge on any atom is 0.182 e. The third-order valence-corrected chi connectivity index (χ3v) is 3.61. The first kappa shape index (κ1) is 12.2. The molecule has 0 amide bonds. The van der Waals surface area contributed by atoms with Crippen molar-refractivity contribution in [3.05, 3.63) is 27.5 Å². The number of hydrogen-bond acceptors (Lipinski definition) is 5. The predicted molar refractivity (Wildman–Crippen MR) is 65.6 cm³/mol. The number of aryl methyl sites for hydroxylation is 2. The normalized spacial score (nSPS) is 10.8. The van der Waals surface area contributed by atoms with Gasteiger partial charge in [0.1, 0.15) is 4.88 Å². The van der Waals surface area contributed by atoms with Gasteiger partial charge in [-0.15, -0.1) is 5.10 Å². The fourth-order valence-corrected chi connectivity index (χ4v) is 2.22. The van der Waals surface area contributed by atoms with E-state index < -0.39 is 0 Å². The van der Waals surface area contributed by atoms with Crippen molar-refractivity contribution in [3.8, 4) is 0 Å². The maximum atomic E-state index is 11.9.